The molecule has 1 aromatic carbocycles. The molecular formula is C11H13ClFNO5S. The molecule has 0 amide bonds. The van der Waals surface area contributed by atoms with Gasteiger partial charge in [0.1, 0.15) is 4.90 Å². The number of aromatic carboxylic acids is 1. The predicted molar refractivity (Wildman–Crippen MR) is 69.9 cm³/mol. The summed E-state index contributed by atoms with van der Waals surface area (Å²) in [5.74, 6) is -3.05. The molecule has 0 radical (unpaired) electrons. The van der Waals surface area contributed by atoms with Crippen LogP contribution in [0.25, 0.3) is 0 Å². The van der Waals surface area contributed by atoms with E-state index in [0.29, 0.717) is 0 Å². The summed E-state index contributed by atoms with van der Waals surface area (Å²) in [5.41, 5.74) is -2.09. The van der Waals surface area contributed by atoms with E-state index in [1.807, 2.05) is 0 Å². The molecule has 0 saturated heterocycles. The molecule has 0 aliphatic carbocycles. The first kappa shape index (κ1) is 16.8. The van der Waals surface area contributed by atoms with Crippen molar-refractivity contribution in [3.63, 3.8) is 0 Å². The van der Waals surface area contributed by atoms with Gasteiger partial charge in [-0.3, -0.25) is 0 Å². The number of rotatable bonds is 5. The van der Waals surface area contributed by atoms with Crippen molar-refractivity contribution < 1.29 is 27.8 Å². The Morgan fingerprint density at radius 3 is 2.45 bits per heavy atom. The first-order valence-electron chi connectivity index (χ1n) is 5.37. The minimum Gasteiger partial charge on any atom is -0.478 e. The number of aliphatic hydroxyl groups is 1. The summed E-state index contributed by atoms with van der Waals surface area (Å²) in [5, 5.41) is 17.6. The van der Waals surface area contributed by atoms with Crippen LogP contribution >= 0.6 is 11.6 Å². The van der Waals surface area contributed by atoms with E-state index in [-0.39, 0.29) is 5.02 Å². The Bertz CT molecular complexity index is 644. The first-order chi connectivity index (χ1) is 9.00. The molecule has 112 valence electrons. The second-order valence-electron chi connectivity index (χ2n) is 4.72. The summed E-state index contributed by atoms with van der Waals surface area (Å²) >= 11 is 5.61. The number of hydrogen-bond acceptors (Lipinski definition) is 4. The van der Waals surface area contributed by atoms with E-state index in [1.54, 1.807) is 0 Å². The van der Waals surface area contributed by atoms with Crippen LogP contribution < -0.4 is 4.72 Å². The Balaban J connectivity index is 3.43. The van der Waals surface area contributed by atoms with Gasteiger partial charge < -0.3 is 10.2 Å². The molecular weight excluding hydrogens is 313 g/mol. The molecule has 0 fully saturated rings. The van der Waals surface area contributed by atoms with E-state index in [1.165, 1.54) is 13.8 Å². The number of sulfonamides is 1. The Morgan fingerprint density at radius 1 is 1.45 bits per heavy atom. The monoisotopic (exact) mass is 325 g/mol. The molecule has 0 aromatic heterocycles. The van der Waals surface area contributed by atoms with Gasteiger partial charge in [0.15, 0.2) is 5.82 Å². The smallest absolute Gasteiger partial charge is 0.338 e. The third kappa shape index (κ3) is 3.66. The van der Waals surface area contributed by atoms with E-state index in [2.05, 4.69) is 4.72 Å². The minimum atomic E-state index is -4.37. The molecule has 6 nitrogen and oxygen atoms in total. The molecule has 9 heteroatoms. The zero-order valence-corrected chi connectivity index (χ0v) is 12.2. The Hall–Kier alpha value is -1.22. The quantitative estimate of drug-likeness (QED) is 0.755. The zero-order valence-electron chi connectivity index (χ0n) is 10.6. The lowest BCUT2D eigenvalue weighted by Gasteiger charge is -2.23. The van der Waals surface area contributed by atoms with Gasteiger partial charge in [-0.1, -0.05) is 11.6 Å². The number of halogens is 2. The third-order valence-corrected chi connectivity index (χ3v) is 4.25. The largest absolute Gasteiger partial charge is 0.478 e. The summed E-state index contributed by atoms with van der Waals surface area (Å²) in [6.45, 7) is 2.23. The van der Waals surface area contributed by atoms with Crippen molar-refractivity contribution in [3.05, 3.63) is 28.5 Å². The summed E-state index contributed by atoms with van der Waals surface area (Å²) < 4.78 is 40.1. The van der Waals surface area contributed by atoms with Crippen molar-refractivity contribution in [3.8, 4) is 0 Å². The highest BCUT2D eigenvalue weighted by molar-refractivity contribution is 7.89. The van der Waals surface area contributed by atoms with Crippen LogP contribution in [-0.4, -0.2) is 36.7 Å². The van der Waals surface area contributed by atoms with Crippen molar-refractivity contribution in [1.82, 2.24) is 4.72 Å². The number of carbonyl (C=O) groups is 1. The Kier molecular flexibility index (Phi) is 4.75. The molecule has 1 rings (SSSR count). The van der Waals surface area contributed by atoms with Gasteiger partial charge in [-0.15, -0.1) is 0 Å². The maximum Gasteiger partial charge on any atom is 0.338 e. The lowest BCUT2D eigenvalue weighted by atomic mass is 10.1. The van der Waals surface area contributed by atoms with Gasteiger partial charge in [0, 0.05) is 5.02 Å². The number of benzene rings is 1. The molecule has 20 heavy (non-hydrogen) atoms. The highest BCUT2D eigenvalue weighted by Crippen LogP contribution is 2.24. The minimum absolute atomic E-state index is 0.231. The lowest BCUT2D eigenvalue weighted by molar-refractivity contribution is 0.0691. The van der Waals surface area contributed by atoms with Crippen molar-refractivity contribution in [2.75, 3.05) is 6.61 Å². The van der Waals surface area contributed by atoms with Crippen LogP contribution in [0.1, 0.15) is 24.2 Å². The maximum atomic E-state index is 14.0. The van der Waals surface area contributed by atoms with Crippen LogP contribution in [0.2, 0.25) is 5.02 Å². The van der Waals surface area contributed by atoms with E-state index in [9.17, 15) is 17.6 Å². The fraction of sp³-hybridized carbons (Fsp3) is 0.364. The number of nitrogens with one attached hydrogen (secondary N) is 1. The van der Waals surface area contributed by atoms with E-state index in [4.69, 9.17) is 21.8 Å². The summed E-state index contributed by atoms with van der Waals surface area (Å²) in [7, 11) is -4.37. The highest BCUT2D eigenvalue weighted by Gasteiger charge is 2.30. The van der Waals surface area contributed by atoms with Crippen LogP contribution in [-0.2, 0) is 10.0 Å². The standard InChI is InChI=1S/C11H13ClFNO5S/c1-11(2,5-15)14-20(18,19)8-4-6(12)3-7(9(8)13)10(16)17/h3-4,14-15H,5H2,1-2H3,(H,16,17). The van der Waals surface area contributed by atoms with Crippen molar-refractivity contribution in [2.45, 2.75) is 24.3 Å². The van der Waals surface area contributed by atoms with Gasteiger partial charge in [0.25, 0.3) is 0 Å². The van der Waals surface area contributed by atoms with E-state index >= 15 is 0 Å². The van der Waals surface area contributed by atoms with Gasteiger partial charge in [0.2, 0.25) is 10.0 Å². The SMILES string of the molecule is CC(C)(CO)NS(=O)(=O)c1cc(Cl)cc(C(=O)O)c1F. The molecule has 3 N–H and O–H groups in total. The topological polar surface area (TPSA) is 104 Å². The fourth-order valence-corrected chi connectivity index (χ4v) is 3.18. The van der Waals surface area contributed by atoms with Crippen molar-refractivity contribution >= 4 is 27.6 Å². The Morgan fingerprint density at radius 2 is 2.00 bits per heavy atom. The molecule has 0 aliphatic heterocycles. The summed E-state index contributed by atoms with van der Waals surface area (Å²) in [6, 6.07) is 1.62. The normalized spacial score (nSPS) is 12.4. The third-order valence-electron chi connectivity index (χ3n) is 2.33. The molecule has 0 spiro atoms. The number of hydrogen-bond donors (Lipinski definition) is 3. The average molecular weight is 326 g/mol. The molecule has 0 aliphatic rings. The highest BCUT2D eigenvalue weighted by atomic mass is 35.5. The van der Waals surface area contributed by atoms with E-state index < -0.39 is 44.4 Å². The van der Waals surface area contributed by atoms with Gasteiger partial charge in [-0.05, 0) is 26.0 Å². The lowest BCUT2D eigenvalue weighted by Crippen LogP contribution is -2.46. The van der Waals surface area contributed by atoms with Crippen LogP contribution in [0.3, 0.4) is 0 Å². The molecule has 0 unspecified atom stereocenters. The molecule has 0 heterocycles. The maximum absolute atomic E-state index is 14.0. The second kappa shape index (κ2) is 5.65. The average Bonchev–Trinajstić information content (AvgIpc) is 2.30. The summed E-state index contributed by atoms with van der Waals surface area (Å²) in [6.07, 6.45) is 0. The van der Waals surface area contributed by atoms with Crippen LogP contribution in [0, 0.1) is 5.82 Å². The predicted octanol–water partition coefficient (Wildman–Crippen LogP) is 1.23. The number of aliphatic hydroxyl groups excluding tert-OH is 1. The fourth-order valence-electron chi connectivity index (χ4n) is 1.37. The molecule has 0 saturated carbocycles. The van der Waals surface area contributed by atoms with Gasteiger partial charge in [0.05, 0.1) is 17.7 Å². The number of carboxylic acid groups (broad SMARTS) is 1. The van der Waals surface area contributed by atoms with Gasteiger partial charge >= 0.3 is 5.97 Å². The van der Waals surface area contributed by atoms with E-state index in [0.717, 1.165) is 12.1 Å². The second-order valence-corrected chi connectivity index (χ2v) is 6.81. The number of carboxylic acids is 1. The molecule has 0 bridgehead atoms. The van der Waals surface area contributed by atoms with Crippen LogP contribution in [0.15, 0.2) is 17.0 Å². The Labute approximate surface area is 120 Å². The van der Waals surface area contributed by atoms with Crippen molar-refractivity contribution in [2.24, 2.45) is 0 Å². The zero-order chi connectivity index (χ0) is 15.7. The van der Waals surface area contributed by atoms with Crippen molar-refractivity contribution in [1.29, 1.82) is 0 Å². The van der Waals surface area contributed by atoms with Gasteiger partial charge in [-0.2, -0.15) is 0 Å². The molecule has 1 aromatic rings. The van der Waals surface area contributed by atoms with Crippen LogP contribution in [0.5, 0.6) is 0 Å². The van der Waals surface area contributed by atoms with Crippen LogP contribution in [0.4, 0.5) is 4.39 Å². The molecule has 0 atom stereocenters. The van der Waals surface area contributed by atoms with Gasteiger partial charge in [-0.25, -0.2) is 22.3 Å². The summed E-state index contributed by atoms with van der Waals surface area (Å²) in [4.78, 5) is 9.96. The first-order valence-corrected chi connectivity index (χ1v) is 7.23.